The van der Waals surface area contributed by atoms with Crippen molar-refractivity contribution in [3.8, 4) is 5.75 Å². The monoisotopic (exact) mass is 347 g/mol. The fourth-order valence-electron chi connectivity index (χ4n) is 3.54. The van der Waals surface area contributed by atoms with E-state index in [1.54, 1.807) is 0 Å². The van der Waals surface area contributed by atoms with E-state index in [9.17, 15) is 0 Å². The molecule has 1 atom stereocenters. The van der Waals surface area contributed by atoms with Crippen LogP contribution in [0.5, 0.6) is 5.75 Å². The van der Waals surface area contributed by atoms with E-state index in [-0.39, 0.29) is 0 Å². The summed E-state index contributed by atoms with van der Waals surface area (Å²) in [7, 11) is 0. The van der Waals surface area contributed by atoms with E-state index in [1.165, 1.54) is 16.7 Å². The van der Waals surface area contributed by atoms with Crippen molar-refractivity contribution in [3.63, 3.8) is 0 Å². The first kappa shape index (κ1) is 16.9. The van der Waals surface area contributed by atoms with Gasteiger partial charge in [-0.3, -0.25) is 0 Å². The number of benzene rings is 2. The summed E-state index contributed by atoms with van der Waals surface area (Å²) in [5.74, 6) is 2.08. The van der Waals surface area contributed by atoms with Crippen LogP contribution in [0.3, 0.4) is 0 Å². The molecule has 134 valence electrons. The van der Waals surface area contributed by atoms with Crippen LogP contribution in [-0.4, -0.2) is 16.2 Å². The summed E-state index contributed by atoms with van der Waals surface area (Å²) in [5, 5.41) is 3.70. The van der Waals surface area contributed by atoms with Crippen LogP contribution in [0.2, 0.25) is 0 Å². The molecule has 0 spiro atoms. The number of aromatic nitrogens is 2. The highest BCUT2D eigenvalue weighted by molar-refractivity contribution is 5.40. The first-order valence-electron chi connectivity index (χ1n) is 9.30. The van der Waals surface area contributed by atoms with Gasteiger partial charge in [0.1, 0.15) is 11.6 Å². The van der Waals surface area contributed by atoms with Gasteiger partial charge in [0.15, 0.2) is 0 Å². The summed E-state index contributed by atoms with van der Waals surface area (Å²) in [6.45, 7) is 4.49. The maximum absolute atomic E-state index is 5.94. The van der Waals surface area contributed by atoms with Crippen LogP contribution in [0, 0.1) is 6.92 Å². The Kier molecular flexibility index (Phi) is 5.02. The minimum Gasteiger partial charge on any atom is -0.493 e. The number of nitrogens with zero attached hydrogens (tertiary/aromatic N) is 2. The molecule has 3 aromatic rings. The largest absolute Gasteiger partial charge is 0.493 e. The molecule has 1 aliphatic rings. The van der Waals surface area contributed by atoms with Gasteiger partial charge in [0.05, 0.1) is 13.2 Å². The first-order valence-corrected chi connectivity index (χ1v) is 9.30. The van der Waals surface area contributed by atoms with Crippen LogP contribution in [-0.2, 0) is 13.1 Å². The van der Waals surface area contributed by atoms with Crippen LogP contribution >= 0.6 is 0 Å². The Balaban J connectivity index is 1.47. The number of aryl methyl sites for hydroxylation is 1. The Morgan fingerprint density at radius 1 is 1.19 bits per heavy atom. The van der Waals surface area contributed by atoms with Crippen LogP contribution in [0.1, 0.15) is 41.4 Å². The molecule has 1 N–H and O–H groups in total. The Morgan fingerprint density at radius 3 is 2.96 bits per heavy atom. The molecule has 0 aliphatic carbocycles. The van der Waals surface area contributed by atoms with E-state index in [2.05, 4.69) is 70.5 Å². The lowest BCUT2D eigenvalue weighted by Gasteiger charge is -2.19. The number of rotatable bonds is 5. The predicted octanol–water partition coefficient (Wildman–Crippen LogP) is 4.24. The Hall–Kier alpha value is -2.59. The minimum absolute atomic E-state index is 0.301. The zero-order valence-corrected chi connectivity index (χ0v) is 15.2. The Morgan fingerprint density at radius 2 is 2.08 bits per heavy atom. The third-order valence-electron chi connectivity index (χ3n) is 4.94. The summed E-state index contributed by atoms with van der Waals surface area (Å²) in [6, 6.07) is 17.3. The number of nitrogens with one attached hydrogen (secondary N) is 1. The van der Waals surface area contributed by atoms with E-state index in [0.717, 1.165) is 44.1 Å². The second-order valence-electron chi connectivity index (χ2n) is 6.92. The molecule has 26 heavy (non-hydrogen) atoms. The summed E-state index contributed by atoms with van der Waals surface area (Å²) in [5.41, 5.74) is 3.78. The van der Waals surface area contributed by atoms with E-state index in [4.69, 9.17) is 4.74 Å². The lowest BCUT2D eigenvalue weighted by molar-refractivity contribution is 0.315. The quantitative estimate of drug-likeness (QED) is 0.750. The van der Waals surface area contributed by atoms with Gasteiger partial charge >= 0.3 is 0 Å². The van der Waals surface area contributed by atoms with Gasteiger partial charge in [-0.15, -0.1) is 0 Å². The Bertz CT molecular complexity index is 857. The summed E-state index contributed by atoms with van der Waals surface area (Å²) in [4.78, 5) is 4.56. The number of imidazole rings is 1. The zero-order valence-electron chi connectivity index (χ0n) is 15.2. The maximum atomic E-state index is 5.94. The summed E-state index contributed by atoms with van der Waals surface area (Å²) in [6.07, 6.45) is 6.07. The molecule has 0 amide bonds. The van der Waals surface area contributed by atoms with Gasteiger partial charge in [-0.05, 0) is 37.0 Å². The van der Waals surface area contributed by atoms with E-state index < -0.39 is 0 Å². The van der Waals surface area contributed by atoms with Crippen LogP contribution in [0.4, 0.5) is 0 Å². The number of hydrogen-bond acceptors (Lipinski definition) is 3. The van der Waals surface area contributed by atoms with Crippen LogP contribution in [0.15, 0.2) is 60.9 Å². The molecule has 4 heteroatoms. The SMILES string of the molecule is Cc1ccc2c(c1)OCCC[C@H]2NCc1nccn1Cc1ccccc1. The van der Waals surface area contributed by atoms with Gasteiger partial charge in [-0.25, -0.2) is 4.98 Å². The smallest absolute Gasteiger partial charge is 0.124 e. The molecule has 4 rings (SSSR count). The van der Waals surface area contributed by atoms with Gasteiger partial charge in [-0.2, -0.15) is 0 Å². The van der Waals surface area contributed by atoms with E-state index in [0.29, 0.717) is 6.04 Å². The van der Waals surface area contributed by atoms with Crippen molar-refractivity contribution in [2.75, 3.05) is 6.61 Å². The van der Waals surface area contributed by atoms with Gasteiger partial charge in [0.2, 0.25) is 0 Å². The van der Waals surface area contributed by atoms with Gasteiger partial charge < -0.3 is 14.6 Å². The molecule has 0 saturated carbocycles. The van der Waals surface area contributed by atoms with Gasteiger partial charge in [0, 0.05) is 30.5 Å². The second-order valence-corrected chi connectivity index (χ2v) is 6.92. The lowest BCUT2D eigenvalue weighted by atomic mass is 10.0. The third-order valence-corrected chi connectivity index (χ3v) is 4.94. The zero-order chi connectivity index (χ0) is 17.8. The van der Waals surface area contributed by atoms with Crippen molar-refractivity contribution in [1.82, 2.24) is 14.9 Å². The van der Waals surface area contributed by atoms with Crippen molar-refractivity contribution in [2.24, 2.45) is 0 Å². The standard InChI is InChI=1S/C22H25N3O/c1-17-9-10-19-20(8-5-13-26-21(19)14-17)24-15-22-23-11-12-25(22)16-18-6-3-2-4-7-18/h2-4,6-7,9-12,14,20,24H,5,8,13,15-16H2,1H3/t20-/m1/s1. The van der Waals surface area contributed by atoms with Crippen molar-refractivity contribution < 1.29 is 4.74 Å². The molecule has 0 fully saturated rings. The van der Waals surface area contributed by atoms with Gasteiger partial charge in [-0.1, -0.05) is 42.5 Å². The molecule has 2 heterocycles. The third kappa shape index (κ3) is 3.81. The van der Waals surface area contributed by atoms with Crippen molar-refractivity contribution in [3.05, 3.63) is 83.4 Å². The fraction of sp³-hybridized carbons (Fsp3) is 0.318. The molecule has 0 unspecified atom stereocenters. The average Bonchev–Trinajstić information content (AvgIpc) is 2.99. The summed E-state index contributed by atoms with van der Waals surface area (Å²) < 4.78 is 8.15. The minimum atomic E-state index is 0.301. The van der Waals surface area contributed by atoms with Gasteiger partial charge in [0.25, 0.3) is 0 Å². The highest BCUT2D eigenvalue weighted by Crippen LogP contribution is 2.32. The highest BCUT2D eigenvalue weighted by atomic mass is 16.5. The topological polar surface area (TPSA) is 39.1 Å². The normalized spacial score (nSPS) is 16.6. The molecule has 1 aliphatic heterocycles. The van der Waals surface area contributed by atoms with Crippen molar-refractivity contribution in [2.45, 2.75) is 38.9 Å². The van der Waals surface area contributed by atoms with Crippen molar-refractivity contribution in [1.29, 1.82) is 0 Å². The molecular formula is C22H25N3O. The van der Waals surface area contributed by atoms with E-state index in [1.807, 2.05) is 12.3 Å². The second kappa shape index (κ2) is 7.75. The molecule has 1 aromatic heterocycles. The Labute approximate surface area is 154 Å². The molecular weight excluding hydrogens is 322 g/mol. The first-order chi connectivity index (χ1) is 12.8. The molecule has 2 aromatic carbocycles. The van der Waals surface area contributed by atoms with Crippen molar-refractivity contribution >= 4 is 0 Å². The summed E-state index contributed by atoms with van der Waals surface area (Å²) >= 11 is 0. The van der Waals surface area contributed by atoms with E-state index >= 15 is 0 Å². The molecule has 0 bridgehead atoms. The molecule has 0 radical (unpaired) electrons. The van der Waals surface area contributed by atoms with Crippen LogP contribution in [0.25, 0.3) is 0 Å². The molecule has 4 nitrogen and oxygen atoms in total. The molecule has 0 saturated heterocycles. The number of fused-ring (bicyclic) bond motifs is 1. The highest BCUT2D eigenvalue weighted by Gasteiger charge is 2.20. The fourth-order valence-corrected chi connectivity index (χ4v) is 3.54. The maximum Gasteiger partial charge on any atom is 0.124 e. The van der Waals surface area contributed by atoms with Crippen LogP contribution < -0.4 is 10.1 Å². The number of hydrogen-bond donors (Lipinski definition) is 1. The predicted molar refractivity (Wildman–Crippen MR) is 103 cm³/mol. The number of ether oxygens (including phenoxy) is 1. The lowest BCUT2D eigenvalue weighted by Crippen LogP contribution is -2.23. The average molecular weight is 347 g/mol.